The van der Waals surface area contributed by atoms with Crippen molar-refractivity contribution in [3.8, 4) is 10.6 Å². The van der Waals surface area contributed by atoms with Crippen LogP contribution in [0.5, 0.6) is 0 Å². The highest BCUT2D eigenvalue weighted by molar-refractivity contribution is 8.01. The first-order valence-electron chi connectivity index (χ1n) is 7.84. The number of thioether (sulfide) groups is 1. The molecule has 1 N–H and O–H groups in total. The zero-order valence-corrected chi connectivity index (χ0v) is 16.9. The van der Waals surface area contributed by atoms with Crippen LogP contribution in [0.15, 0.2) is 38.8 Å². The Kier molecular flexibility index (Phi) is 5.54. The summed E-state index contributed by atoms with van der Waals surface area (Å²) in [6, 6.07) is 6.93. The summed E-state index contributed by atoms with van der Waals surface area (Å²) in [6.45, 7) is 5.32. The molecule has 0 radical (unpaired) electrons. The Morgan fingerprint density at radius 3 is 2.81 bits per heavy atom. The maximum atomic E-state index is 12.8. The van der Waals surface area contributed by atoms with Gasteiger partial charge in [-0.25, -0.2) is 4.68 Å². The molecule has 0 aromatic carbocycles. The number of nitrogens with zero attached hydrogens (tertiary/aromatic N) is 4. The zero-order chi connectivity index (χ0) is 18.7. The van der Waals surface area contributed by atoms with Gasteiger partial charge in [0, 0.05) is 6.07 Å². The Hall–Kier alpha value is -2.04. The van der Waals surface area contributed by atoms with Gasteiger partial charge in [-0.1, -0.05) is 36.1 Å². The van der Waals surface area contributed by atoms with Crippen LogP contribution in [0.4, 0.5) is 5.13 Å². The van der Waals surface area contributed by atoms with E-state index in [1.165, 1.54) is 33.4 Å². The number of anilines is 1. The molecule has 0 saturated heterocycles. The molecule has 26 heavy (non-hydrogen) atoms. The summed E-state index contributed by atoms with van der Waals surface area (Å²) in [4.78, 5) is 26.0. The summed E-state index contributed by atoms with van der Waals surface area (Å²) >= 11 is 4.38. The average molecular weight is 408 g/mol. The summed E-state index contributed by atoms with van der Waals surface area (Å²) in [5.74, 6) is 0.503. The first kappa shape index (κ1) is 18.7. The molecule has 3 aromatic heterocycles. The molecule has 3 aromatic rings. The highest BCUT2D eigenvalue weighted by atomic mass is 32.2. The summed E-state index contributed by atoms with van der Waals surface area (Å²) < 4.78 is 2.00. The fourth-order valence-electron chi connectivity index (χ4n) is 2.16. The van der Waals surface area contributed by atoms with E-state index in [9.17, 15) is 9.59 Å². The summed E-state index contributed by atoms with van der Waals surface area (Å²) in [6.07, 6.45) is 0. The fourth-order valence-corrected chi connectivity index (χ4v) is 4.49. The lowest BCUT2D eigenvalue weighted by Crippen LogP contribution is -2.47. The number of thiophene rings is 1. The van der Waals surface area contributed by atoms with E-state index >= 15 is 0 Å². The van der Waals surface area contributed by atoms with Crippen LogP contribution < -0.4 is 10.9 Å². The number of carbonyl (C=O) groups excluding carboxylic acids is 1. The molecule has 7 nitrogen and oxygen atoms in total. The minimum absolute atomic E-state index is 0.343. The van der Waals surface area contributed by atoms with Crippen molar-refractivity contribution >= 4 is 45.5 Å². The van der Waals surface area contributed by atoms with Crippen molar-refractivity contribution in [2.75, 3.05) is 11.1 Å². The molecule has 136 valence electrons. The number of hydrogen-bond acceptors (Lipinski definition) is 8. The molecular formula is C16H17N5O2S3. The quantitative estimate of drug-likeness (QED) is 0.498. The molecule has 0 atom stereocenters. The van der Waals surface area contributed by atoms with Gasteiger partial charge in [-0.2, -0.15) is 5.10 Å². The van der Waals surface area contributed by atoms with Crippen LogP contribution >= 0.6 is 34.4 Å². The van der Waals surface area contributed by atoms with Gasteiger partial charge in [0.05, 0.1) is 4.88 Å². The second-order valence-corrected chi connectivity index (χ2v) is 9.20. The Morgan fingerprint density at radius 1 is 1.31 bits per heavy atom. The normalized spacial score (nSPS) is 11.5. The van der Waals surface area contributed by atoms with E-state index < -0.39 is 5.54 Å². The Morgan fingerprint density at radius 2 is 2.12 bits per heavy atom. The summed E-state index contributed by atoms with van der Waals surface area (Å²) in [7, 11) is 0. The van der Waals surface area contributed by atoms with Crippen LogP contribution in [0.3, 0.4) is 0 Å². The topological polar surface area (TPSA) is 89.8 Å². The van der Waals surface area contributed by atoms with Crippen molar-refractivity contribution in [2.24, 2.45) is 0 Å². The van der Waals surface area contributed by atoms with Gasteiger partial charge in [0.2, 0.25) is 5.13 Å². The fraction of sp³-hybridized carbons (Fsp3) is 0.312. The number of carbonyl (C=O) groups is 1. The minimum Gasteiger partial charge on any atom is -0.298 e. The van der Waals surface area contributed by atoms with Crippen molar-refractivity contribution in [2.45, 2.75) is 30.6 Å². The maximum absolute atomic E-state index is 12.8. The van der Waals surface area contributed by atoms with E-state index in [0.717, 1.165) is 15.0 Å². The first-order valence-corrected chi connectivity index (χ1v) is 10.5. The average Bonchev–Trinajstić information content (AvgIpc) is 3.27. The molecule has 0 unspecified atom stereocenters. The SMILES string of the molecule is CCSc1nnc(NC(=O)C(C)(C)n2nc(-c3cccs3)ccc2=O)s1. The smallest absolute Gasteiger partial charge is 0.267 e. The van der Waals surface area contributed by atoms with Gasteiger partial charge < -0.3 is 0 Å². The van der Waals surface area contributed by atoms with Crippen LogP contribution in [0, 0.1) is 0 Å². The second-order valence-electron chi connectivity index (χ2n) is 5.77. The monoisotopic (exact) mass is 407 g/mol. The number of rotatable bonds is 6. The third-order valence-corrected chi connectivity index (χ3v) is 6.30. The van der Waals surface area contributed by atoms with Crippen LogP contribution in [-0.4, -0.2) is 31.6 Å². The standard InChI is InChI=1S/C16H17N5O2S3/c1-4-24-15-19-18-14(26-15)17-13(23)16(2,3)21-12(22)8-7-10(20-21)11-6-5-9-25-11/h5-9H,4H2,1-3H3,(H,17,18,23). The second kappa shape index (κ2) is 7.68. The van der Waals surface area contributed by atoms with Crippen LogP contribution in [0.2, 0.25) is 0 Å². The van der Waals surface area contributed by atoms with E-state index in [1.807, 2.05) is 24.4 Å². The molecule has 3 heterocycles. The third kappa shape index (κ3) is 3.87. The molecule has 0 aliphatic heterocycles. The lowest BCUT2D eigenvalue weighted by atomic mass is 10.1. The molecule has 0 aliphatic rings. The summed E-state index contributed by atoms with van der Waals surface area (Å²) in [5, 5.41) is 17.5. The highest BCUT2D eigenvalue weighted by Gasteiger charge is 2.33. The number of amides is 1. The van der Waals surface area contributed by atoms with Crippen molar-refractivity contribution in [1.29, 1.82) is 0 Å². The highest BCUT2D eigenvalue weighted by Crippen LogP contribution is 2.27. The van der Waals surface area contributed by atoms with Gasteiger partial charge in [0.25, 0.3) is 11.5 Å². The van der Waals surface area contributed by atoms with Gasteiger partial charge in [0.1, 0.15) is 11.2 Å². The molecule has 0 fully saturated rings. The van der Waals surface area contributed by atoms with Crippen LogP contribution in [0.25, 0.3) is 10.6 Å². The third-order valence-electron chi connectivity index (χ3n) is 3.55. The van der Waals surface area contributed by atoms with Gasteiger partial charge in [0.15, 0.2) is 4.34 Å². The molecular weight excluding hydrogens is 390 g/mol. The predicted molar refractivity (Wildman–Crippen MR) is 106 cm³/mol. The van der Waals surface area contributed by atoms with E-state index in [2.05, 4.69) is 20.6 Å². The van der Waals surface area contributed by atoms with E-state index in [-0.39, 0.29) is 11.5 Å². The molecule has 0 aliphatic carbocycles. The Bertz CT molecular complexity index is 962. The number of hydrogen-bond donors (Lipinski definition) is 1. The van der Waals surface area contributed by atoms with Crippen molar-refractivity contribution in [3.63, 3.8) is 0 Å². The number of nitrogens with one attached hydrogen (secondary N) is 1. The molecule has 0 saturated carbocycles. The van der Waals surface area contributed by atoms with Gasteiger partial charge in [-0.15, -0.1) is 21.5 Å². The lowest BCUT2D eigenvalue weighted by Gasteiger charge is -2.24. The predicted octanol–water partition coefficient (Wildman–Crippen LogP) is 3.31. The largest absolute Gasteiger partial charge is 0.298 e. The van der Waals surface area contributed by atoms with Crippen molar-refractivity contribution in [3.05, 3.63) is 40.0 Å². The van der Waals surface area contributed by atoms with Crippen molar-refractivity contribution in [1.82, 2.24) is 20.0 Å². The Balaban J connectivity index is 1.87. The zero-order valence-electron chi connectivity index (χ0n) is 14.4. The van der Waals surface area contributed by atoms with Crippen molar-refractivity contribution < 1.29 is 4.79 Å². The first-order chi connectivity index (χ1) is 12.4. The van der Waals surface area contributed by atoms with E-state index in [4.69, 9.17) is 0 Å². The van der Waals surface area contributed by atoms with Gasteiger partial charge >= 0.3 is 0 Å². The van der Waals surface area contributed by atoms with Crippen LogP contribution in [-0.2, 0) is 10.3 Å². The minimum atomic E-state index is -1.19. The lowest BCUT2D eigenvalue weighted by molar-refractivity contribution is -0.123. The maximum Gasteiger partial charge on any atom is 0.267 e. The molecule has 0 spiro atoms. The molecule has 1 amide bonds. The Labute approximate surface area is 162 Å². The van der Waals surface area contributed by atoms with Crippen LogP contribution in [0.1, 0.15) is 20.8 Å². The molecule has 0 bridgehead atoms. The van der Waals surface area contributed by atoms with Gasteiger partial charge in [-0.05, 0) is 37.1 Å². The number of aromatic nitrogens is 4. The van der Waals surface area contributed by atoms with E-state index in [0.29, 0.717) is 10.8 Å². The van der Waals surface area contributed by atoms with E-state index in [1.54, 1.807) is 31.7 Å². The molecule has 10 heteroatoms. The molecule has 3 rings (SSSR count). The van der Waals surface area contributed by atoms with Gasteiger partial charge in [-0.3, -0.25) is 14.9 Å². The summed E-state index contributed by atoms with van der Waals surface area (Å²) in [5.41, 5.74) is -0.878.